The Bertz CT molecular complexity index is 534. The molecule has 0 radical (unpaired) electrons. The standard InChI is InChI=1S/C10H20N2O6S2/c1-19(15,16)12-6-4-9(5-7-12)11-20(17,18)8-2-3-10(13)14/h9,11H,2-8H2,1H3,(H,13,14). The first-order valence-electron chi connectivity index (χ1n) is 6.27. The lowest BCUT2D eigenvalue weighted by atomic mass is 10.1. The van der Waals surface area contributed by atoms with Gasteiger partial charge in [0.2, 0.25) is 20.0 Å². The van der Waals surface area contributed by atoms with Crippen LogP contribution in [0.5, 0.6) is 0 Å². The number of rotatable bonds is 7. The predicted octanol–water partition coefficient (Wildman–Crippen LogP) is -0.805. The Morgan fingerprint density at radius 1 is 1.25 bits per heavy atom. The number of aliphatic carboxylic acids is 1. The van der Waals surface area contributed by atoms with Gasteiger partial charge in [0.15, 0.2) is 0 Å². The fourth-order valence-electron chi connectivity index (χ4n) is 2.03. The van der Waals surface area contributed by atoms with E-state index >= 15 is 0 Å². The fraction of sp³-hybridized carbons (Fsp3) is 0.900. The van der Waals surface area contributed by atoms with Gasteiger partial charge in [0.25, 0.3) is 0 Å². The highest BCUT2D eigenvalue weighted by Crippen LogP contribution is 2.14. The molecule has 10 heteroatoms. The summed E-state index contributed by atoms with van der Waals surface area (Å²) < 4.78 is 49.9. The molecule has 0 atom stereocenters. The summed E-state index contributed by atoms with van der Waals surface area (Å²) in [6.45, 7) is 0.586. The number of carbonyl (C=O) groups is 1. The molecule has 0 aromatic rings. The molecule has 0 aromatic heterocycles. The number of nitrogens with one attached hydrogen (secondary N) is 1. The van der Waals surface area contributed by atoms with Crippen LogP contribution in [-0.4, -0.2) is 63.4 Å². The van der Waals surface area contributed by atoms with E-state index in [2.05, 4.69) is 4.72 Å². The van der Waals surface area contributed by atoms with Crippen LogP contribution >= 0.6 is 0 Å². The Morgan fingerprint density at radius 3 is 2.25 bits per heavy atom. The Kier molecular flexibility index (Phi) is 5.92. The summed E-state index contributed by atoms with van der Waals surface area (Å²) in [7, 11) is -6.74. The van der Waals surface area contributed by atoms with Crippen molar-refractivity contribution in [3.63, 3.8) is 0 Å². The quantitative estimate of drug-likeness (QED) is 0.631. The average Bonchev–Trinajstić information content (AvgIpc) is 2.26. The lowest BCUT2D eigenvalue weighted by Crippen LogP contribution is -2.46. The molecule has 1 heterocycles. The maximum atomic E-state index is 11.7. The highest BCUT2D eigenvalue weighted by atomic mass is 32.2. The van der Waals surface area contributed by atoms with Gasteiger partial charge >= 0.3 is 5.97 Å². The molecule has 0 unspecified atom stereocenters. The van der Waals surface area contributed by atoms with Gasteiger partial charge in [0, 0.05) is 25.6 Å². The van der Waals surface area contributed by atoms with E-state index in [1.54, 1.807) is 0 Å². The van der Waals surface area contributed by atoms with Gasteiger partial charge in [0.05, 0.1) is 12.0 Å². The normalized spacial score (nSPS) is 19.1. The predicted molar refractivity (Wildman–Crippen MR) is 73.2 cm³/mol. The molecule has 1 saturated heterocycles. The maximum absolute atomic E-state index is 11.7. The van der Waals surface area contributed by atoms with E-state index in [9.17, 15) is 21.6 Å². The maximum Gasteiger partial charge on any atom is 0.303 e. The number of nitrogens with zero attached hydrogens (tertiary/aromatic N) is 1. The lowest BCUT2D eigenvalue weighted by molar-refractivity contribution is -0.137. The summed E-state index contributed by atoms with van der Waals surface area (Å²) >= 11 is 0. The topological polar surface area (TPSA) is 121 Å². The van der Waals surface area contributed by atoms with Gasteiger partial charge < -0.3 is 5.11 Å². The van der Waals surface area contributed by atoms with Crippen LogP contribution in [0.15, 0.2) is 0 Å². The zero-order chi connectivity index (χ0) is 15.4. The largest absolute Gasteiger partial charge is 0.481 e. The van der Waals surface area contributed by atoms with Crippen molar-refractivity contribution in [2.45, 2.75) is 31.7 Å². The number of carboxylic acids is 1. The van der Waals surface area contributed by atoms with Crippen molar-refractivity contribution < 1.29 is 26.7 Å². The zero-order valence-corrected chi connectivity index (χ0v) is 12.9. The first-order chi connectivity index (χ1) is 9.10. The molecule has 0 aliphatic carbocycles. The molecule has 20 heavy (non-hydrogen) atoms. The van der Waals surface area contributed by atoms with Crippen molar-refractivity contribution in [3.05, 3.63) is 0 Å². The molecule has 0 aromatic carbocycles. The molecule has 1 aliphatic rings. The van der Waals surface area contributed by atoms with Crippen molar-refractivity contribution in [2.75, 3.05) is 25.1 Å². The fourth-order valence-corrected chi connectivity index (χ4v) is 4.29. The molecule has 0 spiro atoms. The van der Waals surface area contributed by atoms with Crippen molar-refractivity contribution in [1.29, 1.82) is 0 Å². The smallest absolute Gasteiger partial charge is 0.303 e. The molecule has 118 valence electrons. The van der Waals surface area contributed by atoms with Gasteiger partial charge in [-0.25, -0.2) is 25.9 Å². The number of piperidine rings is 1. The van der Waals surface area contributed by atoms with Crippen LogP contribution in [0, 0.1) is 0 Å². The first kappa shape index (κ1) is 17.3. The summed E-state index contributed by atoms with van der Waals surface area (Å²) in [5, 5.41) is 8.46. The van der Waals surface area contributed by atoms with E-state index in [0.29, 0.717) is 25.9 Å². The molecular weight excluding hydrogens is 308 g/mol. The Morgan fingerprint density at radius 2 is 1.80 bits per heavy atom. The van der Waals surface area contributed by atoms with Crippen LogP contribution < -0.4 is 4.72 Å². The molecule has 0 bridgehead atoms. The van der Waals surface area contributed by atoms with Gasteiger partial charge in [-0.2, -0.15) is 0 Å². The van der Waals surface area contributed by atoms with Gasteiger partial charge in [-0.1, -0.05) is 0 Å². The van der Waals surface area contributed by atoms with Crippen LogP contribution in [0.1, 0.15) is 25.7 Å². The third-order valence-corrected chi connectivity index (χ3v) is 5.89. The second kappa shape index (κ2) is 6.83. The monoisotopic (exact) mass is 328 g/mol. The highest BCUT2D eigenvalue weighted by molar-refractivity contribution is 7.89. The minimum atomic E-state index is -3.51. The summed E-state index contributed by atoms with van der Waals surface area (Å²) in [6, 6.07) is -0.289. The molecule has 0 saturated carbocycles. The summed E-state index contributed by atoms with van der Waals surface area (Å²) in [6.07, 6.45) is 1.85. The second-order valence-electron chi connectivity index (χ2n) is 4.87. The van der Waals surface area contributed by atoms with Gasteiger partial charge in [0.1, 0.15) is 0 Å². The van der Waals surface area contributed by atoms with Crippen LogP contribution in [0.3, 0.4) is 0 Å². The van der Waals surface area contributed by atoms with E-state index in [0.717, 1.165) is 6.26 Å². The van der Waals surface area contributed by atoms with E-state index in [1.165, 1.54) is 4.31 Å². The molecule has 1 fully saturated rings. The Labute approximate surface area is 119 Å². The van der Waals surface area contributed by atoms with Crippen LogP contribution in [0.4, 0.5) is 0 Å². The summed E-state index contributed by atoms with van der Waals surface area (Å²) in [4.78, 5) is 10.3. The third-order valence-electron chi connectivity index (χ3n) is 3.07. The SMILES string of the molecule is CS(=O)(=O)N1CCC(NS(=O)(=O)CCCC(=O)O)CC1. The number of carboxylic acid groups (broad SMARTS) is 1. The second-order valence-corrected chi connectivity index (χ2v) is 8.73. The molecule has 2 N–H and O–H groups in total. The molecule has 8 nitrogen and oxygen atoms in total. The summed E-state index contributed by atoms with van der Waals surface area (Å²) in [5.74, 6) is -1.26. The minimum Gasteiger partial charge on any atom is -0.481 e. The summed E-state index contributed by atoms with van der Waals surface area (Å²) in [5.41, 5.74) is 0. The van der Waals surface area contributed by atoms with Crippen LogP contribution in [0.25, 0.3) is 0 Å². The number of hydrogen-bond acceptors (Lipinski definition) is 5. The van der Waals surface area contributed by atoms with Gasteiger partial charge in [-0.3, -0.25) is 4.79 Å². The van der Waals surface area contributed by atoms with Crippen LogP contribution in [0.2, 0.25) is 0 Å². The zero-order valence-electron chi connectivity index (χ0n) is 11.3. The Balaban J connectivity index is 2.41. The Hall–Kier alpha value is -0.710. The van der Waals surface area contributed by atoms with Crippen molar-refractivity contribution in [2.24, 2.45) is 0 Å². The van der Waals surface area contributed by atoms with Gasteiger partial charge in [-0.15, -0.1) is 0 Å². The van der Waals surface area contributed by atoms with Gasteiger partial charge in [-0.05, 0) is 19.3 Å². The molecular formula is C10H20N2O6S2. The minimum absolute atomic E-state index is 0.0624. The number of sulfonamides is 2. The van der Waals surface area contributed by atoms with E-state index in [4.69, 9.17) is 5.11 Å². The molecule has 1 aliphatic heterocycles. The van der Waals surface area contributed by atoms with E-state index in [-0.39, 0.29) is 24.6 Å². The number of hydrogen-bond donors (Lipinski definition) is 2. The third kappa shape index (κ3) is 6.16. The van der Waals surface area contributed by atoms with Crippen molar-refractivity contribution in [1.82, 2.24) is 9.03 Å². The first-order valence-corrected chi connectivity index (χ1v) is 9.77. The van der Waals surface area contributed by atoms with Crippen molar-refractivity contribution in [3.8, 4) is 0 Å². The van der Waals surface area contributed by atoms with E-state index in [1.807, 2.05) is 0 Å². The van der Waals surface area contributed by atoms with E-state index < -0.39 is 26.0 Å². The van der Waals surface area contributed by atoms with Crippen LogP contribution in [-0.2, 0) is 24.8 Å². The lowest BCUT2D eigenvalue weighted by Gasteiger charge is -2.30. The highest BCUT2D eigenvalue weighted by Gasteiger charge is 2.27. The van der Waals surface area contributed by atoms with Crippen molar-refractivity contribution >= 4 is 26.0 Å². The molecule has 0 amide bonds. The molecule has 1 rings (SSSR count). The average molecular weight is 328 g/mol.